The first-order valence-corrected chi connectivity index (χ1v) is 6.34. The average molecular weight is 224 g/mol. The molecule has 2 heterocycles. The van der Waals surface area contributed by atoms with Gasteiger partial charge < -0.3 is 0 Å². The van der Waals surface area contributed by atoms with Gasteiger partial charge in [-0.3, -0.25) is 0 Å². The van der Waals surface area contributed by atoms with Gasteiger partial charge in [0.05, 0.1) is 6.42 Å². The maximum absolute atomic E-state index is 2.42. The van der Waals surface area contributed by atoms with Crippen LogP contribution in [0.2, 0.25) is 0 Å². The molecule has 1 heteroatoms. The van der Waals surface area contributed by atoms with E-state index in [1.54, 1.807) is 0 Å². The van der Waals surface area contributed by atoms with Crippen LogP contribution in [0.3, 0.4) is 0 Å². The first-order chi connectivity index (χ1) is 8.27. The summed E-state index contributed by atoms with van der Waals surface area (Å²) in [6.45, 7) is 4.65. The molecule has 2 atom stereocenters. The number of benzene rings is 1. The Labute approximate surface area is 103 Å². The van der Waals surface area contributed by atoms with Crippen molar-refractivity contribution in [3.05, 3.63) is 65.5 Å². The number of pyridine rings is 1. The molecule has 1 nitrogen and oxygen atoms in total. The van der Waals surface area contributed by atoms with Gasteiger partial charge in [0.2, 0.25) is 0 Å². The van der Waals surface area contributed by atoms with E-state index < -0.39 is 0 Å². The molecule has 0 radical (unpaired) electrons. The van der Waals surface area contributed by atoms with E-state index in [0.29, 0.717) is 12.0 Å². The predicted octanol–water partition coefficient (Wildman–Crippen LogP) is 3.24. The van der Waals surface area contributed by atoms with Crippen molar-refractivity contribution in [2.75, 3.05) is 0 Å². The summed E-state index contributed by atoms with van der Waals surface area (Å²) in [5.41, 5.74) is 4.39. The zero-order valence-electron chi connectivity index (χ0n) is 10.4. The maximum atomic E-state index is 2.42. The highest BCUT2D eigenvalue weighted by atomic mass is 15.0. The van der Waals surface area contributed by atoms with E-state index in [9.17, 15) is 0 Å². The van der Waals surface area contributed by atoms with E-state index in [1.807, 2.05) is 0 Å². The molecule has 86 valence electrons. The van der Waals surface area contributed by atoms with Crippen molar-refractivity contribution in [1.29, 1.82) is 0 Å². The molecule has 0 saturated carbocycles. The Hall–Kier alpha value is -1.63. The minimum absolute atomic E-state index is 0.523. The van der Waals surface area contributed by atoms with Crippen LogP contribution < -0.4 is 4.57 Å². The van der Waals surface area contributed by atoms with Gasteiger partial charge in [-0.2, -0.15) is 4.57 Å². The van der Waals surface area contributed by atoms with Crippen molar-refractivity contribution < 1.29 is 4.57 Å². The molecule has 1 aliphatic heterocycles. The monoisotopic (exact) mass is 224 g/mol. The molecule has 0 N–H and O–H groups in total. The molecular formula is C16H18N+. The van der Waals surface area contributed by atoms with Gasteiger partial charge in [0.15, 0.2) is 17.9 Å². The highest BCUT2D eigenvalue weighted by molar-refractivity contribution is 5.33. The topological polar surface area (TPSA) is 3.88 Å². The predicted molar refractivity (Wildman–Crippen MR) is 69.0 cm³/mol. The van der Waals surface area contributed by atoms with Crippen molar-refractivity contribution in [3.63, 3.8) is 0 Å². The highest BCUT2D eigenvalue weighted by Gasteiger charge is 2.30. The molecule has 2 aromatic rings. The van der Waals surface area contributed by atoms with Crippen LogP contribution in [0.5, 0.6) is 0 Å². The summed E-state index contributed by atoms with van der Waals surface area (Å²) >= 11 is 0. The van der Waals surface area contributed by atoms with E-state index >= 15 is 0 Å². The van der Waals surface area contributed by atoms with Crippen LogP contribution in [-0.2, 0) is 6.42 Å². The summed E-state index contributed by atoms with van der Waals surface area (Å²) in [4.78, 5) is 0. The van der Waals surface area contributed by atoms with Crippen molar-refractivity contribution >= 4 is 0 Å². The van der Waals surface area contributed by atoms with E-state index in [-0.39, 0.29) is 0 Å². The molecule has 0 spiro atoms. The van der Waals surface area contributed by atoms with Crippen LogP contribution in [0.1, 0.15) is 42.6 Å². The molecule has 0 amide bonds. The zero-order valence-corrected chi connectivity index (χ0v) is 10.4. The summed E-state index contributed by atoms with van der Waals surface area (Å²) in [6.07, 6.45) is 3.26. The maximum Gasteiger partial charge on any atom is 0.185 e. The van der Waals surface area contributed by atoms with Crippen LogP contribution in [0.15, 0.2) is 48.7 Å². The molecule has 1 aromatic carbocycles. The average Bonchev–Trinajstić information content (AvgIpc) is 2.48. The number of rotatable bonds is 0. The van der Waals surface area contributed by atoms with Crippen LogP contribution in [0.25, 0.3) is 0 Å². The third-order valence-corrected chi connectivity index (χ3v) is 4.06. The van der Waals surface area contributed by atoms with E-state index in [2.05, 4.69) is 67.1 Å². The van der Waals surface area contributed by atoms with Gasteiger partial charge in [-0.05, 0) is 18.1 Å². The number of hydrogen-bond donors (Lipinski definition) is 0. The van der Waals surface area contributed by atoms with Gasteiger partial charge in [0, 0.05) is 18.1 Å². The summed E-state index contributed by atoms with van der Waals surface area (Å²) < 4.78 is 2.42. The Bertz CT molecular complexity index is 495. The zero-order chi connectivity index (χ0) is 11.8. The molecule has 2 unspecified atom stereocenters. The first-order valence-electron chi connectivity index (χ1n) is 6.34. The normalized spacial score (nSPS) is 22.5. The lowest BCUT2D eigenvalue weighted by atomic mass is 9.91. The molecule has 1 aliphatic rings. The Morgan fingerprint density at radius 2 is 1.76 bits per heavy atom. The Morgan fingerprint density at radius 1 is 1.00 bits per heavy atom. The minimum atomic E-state index is 0.523. The first kappa shape index (κ1) is 10.5. The molecule has 0 aliphatic carbocycles. The molecule has 0 bridgehead atoms. The number of hydrogen-bond acceptors (Lipinski definition) is 0. The Kier molecular flexibility index (Phi) is 2.47. The quantitative estimate of drug-likeness (QED) is 0.605. The van der Waals surface area contributed by atoms with Crippen LogP contribution in [-0.4, -0.2) is 0 Å². The van der Waals surface area contributed by atoms with Gasteiger partial charge in [0.1, 0.15) is 0 Å². The van der Waals surface area contributed by atoms with Gasteiger partial charge in [-0.15, -0.1) is 0 Å². The molecule has 0 fully saturated rings. The number of nitrogens with zero attached hydrogens (tertiary/aromatic N) is 1. The fraction of sp³-hybridized carbons (Fsp3) is 0.312. The van der Waals surface area contributed by atoms with E-state index in [0.717, 1.165) is 6.42 Å². The molecule has 0 saturated heterocycles. The lowest BCUT2D eigenvalue weighted by Gasteiger charge is -2.15. The highest BCUT2D eigenvalue weighted by Crippen LogP contribution is 2.31. The van der Waals surface area contributed by atoms with Gasteiger partial charge in [0.25, 0.3) is 0 Å². The van der Waals surface area contributed by atoms with E-state index in [1.165, 1.54) is 16.8 Å². The van der Waals surface area contributed by atoms with Gasteiger partial charge in [-0.25, -0.2) is 0 Å². The fourth-order valence-electron chi connectivity index (χ4n) is 2.87. The molecular weight excluding hydrogens is 206 g/mol. The standard InChI is InChI=1S/C16H18N/c1-12-13(2)17-10-6-5-8-15(17)11-14-7-3-4-9-16(12)14/h3-10,12-13H,11H2,1-2H3/q+1. The molecule has 3 rings (SSSR count). The number of fused-ring (bicyclic) bond motifs is 2. The molecule has 17 heavy (non-hydrogen) atoms. The van der Waals surface area contributed by atoms with E-state index in [4.69, 9.17) is 0 Å². The van der Waals surface area contributed by atoms with Gasteiger partial charge >= 0.3 is 0 Å². The Balaban J connectivity index is 2.20. The second-order valence-electron chi connectivity index (χ2n) is 5.00. The second kappa shape index (κ2) is 3.99. The van der Waals surface area contributed by atoms with Crippen molar-refractivity contribution in [2.24, 2.45) is 0 Å². The van der Waals surface area contributed by atoms with Crippen LogP contribution in [0, 0.1) is 0 Å². The van der Waals surface area contributed by atoms with Crippen LogP contribution in [0.4, 0.5) is 0 Å². The van der Waals surface area contributed by atoms with Crippen molar-refractivity contribution in [1.82, 2.24) is 0 Å². The third kappa shape index (κ3) is 1.66. The van der Waals surface area contributed by atoms with Crippen LogP contribution >= 0.6 is 0 Å². The second-order valence-corrected chi connectivity index (χ2v) is 5.00. The fourth-order valence-corrected chi connectivity index (χ4v) is 2.87. The summed E-state index contributed by atoms with van der Waals surface area (Å²) in [7, 11) is 0. The summed E-state index contributed by atoms with van der Waals surface area (Å²) in [6, 6.07) is 15.9. The van der Waals surface area contributed by atoms with Gasteiger partial charge in [-0.1, -0.05) is 37.3 Å². The lowest BCUT2D eigenvalue weighted by molar-refractivity contribution is -0.728. The molecule has 1 aromatic heterocycles. The smallest absolute Gasteiger partial charge is 0.185 e. The third-order valence-electron chi connectivity index (χ3n) is 4.06. The lowest BCUT2D eigenvalue weighted by Crippen LogP contribution is -2.42. The summed E-state index contributed by atoms with van der Waals surface area (Å²) in [5.74, 6) is 0.569. The minimum Gasteiger partial charge on any atom is -0.199 e. The summed E-state index contributed by atoms with van der Waals surface area (Å²) in [5, 5.41) is 0. The van der Waals surface area contributed by atoms with Crippen molar-refractivity contribution in [2.45, 2.75) is 32.2 Å². The Morgan fingerprint density at radius 3 is 2.65 bits per heavy atom. The number of aromatic nitrogens is 1. The SMILES string of the molecule is CC1c2ccccc2Cc2cccc[n+]2C1C. The van der Waals surface area contributed by atoms with Crippen molar-refractivity contribution in [3.8, 4) is 0 Å². The largest absolute Gasteiger partial charge is 0.199 e.